The standard InChI is InChI=1S/C7H5BrN2S/c8-6-3-5(11-4-9)1-2-7(6)10/h1-3H,10H2. The number of thiocyanates is 1. The number of hydrogen-bond donors (Lipinski definition) is 1. The third kappa shape index (κ3) is 2.14. The zero-order valence-electron chi connectivity index (χ0n) is 5.54. The van der Waals surface area contributed by atoms with Gasteiger partial charge in [0.25, 0.3) is 0 Å². The lowest BCUT2D eigenvalue weighted by molar-refractivity contribution is 1.44. The number of rotatable bonds is 1. The minimum atomic E-state index is 0.687. The van der Waals surface area contributed by atoms with Crippen LogP contribution in [-0.4, -0.2) is 0 Å². The molecular formula is C7H5BrN2S. The molecule has 0 radical (unpaired) electrons. The van der Waals surface area contributed by atoms with Gasteiger partial charge in [-0.3, -0.25) is 0 Å². The van der Waals surface area contributed by atoms with Gasteiger partial charge < -0.3 is 5.73 Å². The van der Waals surface area contributed by atoms with Crippen LogP contribution in [0.4, 0.5) is 5.69 Å². The topological polar surface area (TPSA) is 49.8 Å². The predicted octanol–water partition coefficient (Wildman–Crippen LogP) is 2.60. The lowest BCUT2D eigenvalue weighted by Crippen LogP contribution is -1.85. The van der Waals surface area contributed by atoms with E-state index < -0.39 is 0 Å². The predicted molar refractivity (Wildman–Crippen MR) is 50.0 cm³/mol. The molecule has 0 saturated heterocycles. The van der Waals surface area contributed by atoms with E-state index in [0.717, 1.165) is 21.1 Å². The van der Waals surface area contributed by atoms with Crippen LogP contribution in [-0.2, 0) is 0 Å². The number of benzene rings is 1. The summed E-state index contributed by atoms with van der Waals surface area (Å²) in [6.07, 6.45) is 0. The zero-order chi connectivity index (χ0) is 8.27. The van der Waals surface area contributed by atoms with Crippen molar-refractivity contribution in [2.24, 2.45) is 0 Å². The fourth-order valence-electron chi connectivity index (χ4n) is 0.624. The van der Waals surface area contributed by atoms with E-state index in [2.05, 4.69) is 15.9 Å². The van der Waals surface area contributed by atoms with Gasteiger partial charge in [-0.25, -0.2) is 0 Å². The first kappa shape index (κ1) is 8.44. The molecule has 0 spiro atoms. The molecule has 0 amide bonds. The quantitative estimate of drug-likeness (QED) is 0.457. The number of nitrogens with two attached hydrogens (primary N) is 1. The van der Waals surface area contributed by atoms with Crippen molar-refractivity contribution < 1.29 is 0 Å². The monoisotopic (exact) mass is 228 g/mol. The maximum Gasteiger partial charge on any atom is 0.138 e. The lowest BCUT2D eigenvalue weighted by atomic mass is 10.3. The minimum Gasteiger partial charge on any atom is -0.398 e. The zero-order valence-corrected chi connectivity index (χ0v) is 7.95. The lowest BCUT2D eigenvalue weighted by Gasteiger charge is -1.98. The summed E-state index contributed by atoms with van der Waals surface area (Å²) >= 11 is 4.39. The molecule has 1 rings (SSSR count). The molecule has 0 aliphatic carbocycles. The van der Waals surface area contributed by atoms with E-state index in [1.807, 2.05) is 17.5 Å². The summed E-state index contributed by atoms with van der Waals surface area (Å²) in [5.74, 6) is 0. The molecule has 0 bridgehead atoms. The van der Waals surface area contributed by atoms with Crippen LogP contribution in [0.15, 0.2) is 27.6 Å². The van der Waals surface area contributed by atoms with Gasteiger partial charge in [-0.15, -0.1) is 0 Å². The van der Waals surface area contributed by atoms with Gasteiger partial charge in [-0.2, -0.15) is 5.26 Å². The van der Waals surface area contributed by atoms with Gasteiger partial charge in [-0.05, 0) is 45.9 Å². The van der Waals surface area contributed by atoms with Crippen molar-refractivity contribution in [3.63, 3.8) is 0 Å². The number of nitriles is 1. The summed E-state index contributed by atoms with van der Waals surface area (Å²) in [7, 11) is 0. The Bertz CT molecular complexity index is 306. The third-order valence-corrected chi connectivity index (χ3v) is 2.40. The molecule has 0 aromatic heterocycles. The van der Waals surface area contributed by atoms with Crippen LogP contribution >= 0.6 is 27.7 Å². The van der Waals surface area contributed by atoms with Crippen LogP contribution in [0.1, 0.15) is 0 Å². The highest BCUT2D eigenvalue weighted by molar-refractivity contribution is 9.10. The van der Waals surface area contributed by atoms with Gasteiger partial charge in [0.15, 0.2) is 0 Å². The Morgan fingerprint density at radius 3 is 2.82 bits per heavy atom. The van der Waals surface area contributed by atoms with E-state index >= 15 is 0 Å². The molecule has 0 atom stereocenters. The van der Waals surface area contributed by atoms with Gasteiger partial charge in [0.1, 0.15) is 5.40 Å². The minimum absolute atomic E-state index is 0.687. The Morgan fingerprint density at radius 1 is 1.55 bits per heavy atom. The Morgan fingerprint density at radius 2 is 2.27 bits per heavy atom. The SMILES string of the molecule is N#CSc1ccc(N)c(Br)c1. The second-order valence-corrected chi connectivity index (χ2v) is 3.59. The fraction of sp³-hybridized carbons (Fsp3) is 0. The van der Waals surface area contributed by atoms with Crippen molar-refractivity contribution in [1.29, 1.82) is 5.26 Å². The van der Waals surface area contributed by atoms with Crippen molar-refractivity contribution in [3.05, 3.63) is 22.7 Å². The molecule has 11 heavy (non-hydrogen) atoms. The first-order valence-electron chi connectivity index (χ1n) is 2.85. The molecule has 0 fully saturated rings. The van der Waals surface area contributed by atoms with Crippen LogP contribution in [0, 0.1) is 10.7 Å². The van der Waals surface area contributed by atoms with E-state index in [9.17, 15) is 0 Å². The Kier molecular flexibility index (Phi) is 2.80. The first-order valence-corrected chi connectivity index (χ1v) is 4.46. The van der Waals surface area contributed by atoms with E-state index in [1.165, 1.54) is 0 Å². The molecule has 1 aromatic rings. The van der Waals surface area contributed by atoms with Gasteiger partial charge in [0.05, 0.1) is 0 Å². The number of nitrogens with zero attached hydrogens (tertiary/aromatic N) is 1. The van der Waals surface area contributed by atoms with Crippen molar-refractivity contribution in [2.45, 2.75) is 4.90 Å². The van der Waals surface area contributed by atoms with Crippen molar-refractivity contribution in [2.75, 3.05) is 5.73 Å². The van der Waals surface area contributed by atoms with Crippen LogP contribution < -0.4 is 5.73 Å². The highest BCUT2D eigenvalue weighted by Gasteiger charge is 1.96. The van der Waals surface area contributed by atoms with Crippen LogP contribution in [0.3, 0.4) is 0 Å². The van der Waals surface area contributed by atoms with E-state index in [0.29, 0.717) is 5.69 Å². The molecule has 4 heteroatoms. The second kappa shape index (κ2) is 3.65. The highest BCUT2D eigenvalue weighted by atomic mass is 79.9. The molecule has 1 aromatic carbocycles. The maximum absolute atomic E-state index is 8.35. The Hall–Kier alpha value is -0.660. The molecule has 0 heterocycles. The molecule has 0 aliphatic heterocycles. The summed E-state index contributed by atoms with van der Waals surface area (Å²) in [5, 5.41) is 10.3. The number of nitrogen functional groups attached to an aromatic ring is 1. The fourth-order valence-corrected chi connectivity index (χ4v) is 1.57. The summed E-state index contributed by atoms with van der Waals surface area (Å²) in [6.45, 7) is 0. The summed E-state index contributed by atoms with van der Waals surface area (Å²) in [6, 6.07) is 5.40. The maximum atomic E-state index is 8.35. The van der Waals surface area contributed by atoms with Crippen LogP contribution in [0.25, 0.3) is 0 Å². The van der Waals surface area contributed by atoms with Gasteiger partial charge in [-0.1, -0.05) is 0 Å². The Labute approximate surface area is 77.5 Å². The summed E-state index contributed by atoms with van der Waals surface area (Å²) < 4.78 is 0.831. The summed E-state index contributed by atoms with van der Waals surface area (Å²) in [4.78, 5) is 0.897. The van der Waals surface area contributed by atoms with Crippen molar-refractivity contribution in [1.82, 2.24) is 0 Å². The number of hydrogen-bond acceptors (Lipinski definition) is 3. The van der Waals surface area contributed by atoms with E-state index in [4.69, 9.17) is 11.0 Å². The molecule has 0 unspecified atom stereocenters. The largest absolute Gasteiger partial charge is 0.398 e. The van der Waals surface area contributed by atoms with Crippen molar-refractivity contribution >= 4 is 33.4 Å². The third-order valence-electron chi connectivity index (χ3n) is 1.14. The summed E-state index contributed by atoms with van der Waals surface area (Å²) in [5.41, 5.74) is 6.23. The van der Waals surface area contributed by atoms with Gasteiger partial charge in [0.2, 0.25) is 0 Å². The van der Waals surface area contributed by atoms with E-state index in [1.54, 1.807) is 6.07 Å². The van der Waals surface area contributed by atoms with Gasteiger partial charge in [0, 0.05) is 15.1 Å². The normalized spacial score (nSPS) is 9.09. The van der Waals surface area contributed by atoms with Crippen LogP contribution in [0.5, 0.6) is 0 Å². The van der Waals surface area contributed by atoms with Crippen molar-refractivity contribution in [3.8, 4) is 5.40 Å². The molecule has 0 saturated carbocycles. The number of thioether (sulfide) groups is 1. The first-order chi connectivity index (χ1) is 5.24. The smallest absolute Gasteiger partial charge is 0.138 e. The molecule has 56 valence electrons. The molecule has 0 aliphatic rings. The molecule has 2 nitrogen and oxygen atoms in total. The van der Waals surface area contributed by atoms with E-state index in [-0.39, 0.29) is 0 Å². The average Bonchev–Trinajstić information content (AvgIpc) is 1.98. The number of halogens is 1. The Balaban J connectivity index is 2.98. The molecule has 2 N–H and O–H groups in total. The molecular weight excluding hydrogens is 224 g/mol. The highest BCUT2D eigenvalue weighted by Crippen LogP contribution is 2.25. The van der Waals surface area contributed by atoms with Crippen LogP contribution in [0.2, 0.25) is 0 Å². The second-order valence-electron chi connectivity index (χ2n) is 1.88. The van der Waals surface area contributed by atoms with Gasteiger partial charge >= 0.3 is 0 Å². The average molecular weight is 229 g/mol. The number of anilines is 1.